The lowest BCUT2D eigenvalue weighted by molar-refractivity contribution is -0.123. The summed E-state index contributed by atoms with van der Waals surface area (Å²) in [7, 11) is 1.59. The fourth-order valence-electron chi connectivity index (χ4n) is 1.57. The summed E-state index contributed by atoms with van der Waals surface area (Å²) in [6.45, 7) is 7.83. The summed E-state index contributed by atoms with van der Waals surface area (Å²) in [6, 6.07) is 4.91. The van der Waals surface area contributed by atoms with Gasteiger partial charge in [-0.3, -0.25) is 4.79 Å². The lowest BCUT2D eigenvalue weighted by atomic mass is 10.0. The van der Waals surface area contributed by atoms with E-state index >= 15 is 0 Å². The minimum atomic E-state index is -0.384. The van der Waals surface area contributed by atoms with Crippen molar-refractivity contribution in [1.82, 2.24) is 5.32 Å². The number of carbonyl (C=O) groups is 1. The molecule has 1 aromatic rings. The highest BCUT2D eigenvalue weighted by Gasteiger charge is 2.22. The topological polar surface area (TPSA) is 50.4 Å². The van der Waals surface area contributed by atoms with Gasteiger partial charge in [0.25, 0.3) is 0 Å². The normalized spacial score (nSPS) is 12.7. The first-order valence-electron chi connectivity index (χ1n) is 6.71. The number of methoxy groups -OCH3 is 1. The molecule has 112 valence electrons. The van der Waals surface area contributed by atoms with Gasteiger partial charge in [-0.2, -0.15) is 0 Å². The number of anilines is 1. The molecule has 1 rings (SSSR count). The van der Waals surface area contributed by atoms with Crippen molar-refractivity contribution >= 4 is 23.2 Å². The lowest BCUT2D eigenvalue weighted by Crippen LogP contribution is -2.48. The first-order valence-corrected chi connectivity index (χ1v) is 7.09. The molecule has 0 aliphatic heterocycles. The summed E-state index contributed by atoms with van der Waals surface area (Å²) in [5, 5.41) is 6.66. The predicted molar refractivity (Wildman–Crippen MR) is 83.6 cm³/mol. The number of carbonyl (C=O) groups excluding carboxylic acids is 1. The molecule has 0 heterocycles. The number of halogens is 1. The van der Waals surface area contributed by atoms with E-state index in [-0.39, 0.29) is 17.5 Å². The Kier molecular flexibility index (Phi) is 5.69. The largest absolute Gasteiger partial charge is 0.497 e. The molecule has 0 aliphatic rings. The molecular weight excluding hydrogens is 276 g/mol. The third-order valence-corrected chi connectivity index (χ3v) is 3.61. The van der Waals surface area contributed by atoms with Gasteiger partial charge in [0.05, 0.1) is 17.8 Å². The number of benzene rings is 1. The van der Waals surface area contributed by atoms with Crippen LogP contribution in [0.2, 0.25) is 5.02 Å². The molecule has 0 saturated carbocycles. The van der Waals surface area contributed by atoms with Crippen molar-refractivity contribution in [2.75, 3.05) is 12.4 Å². The zero-order chi connectivity index (χ0) is 15.3. The minimum Gasteiger partial charge on any atom is -0.497 e. The van der Waals surface area contributed by atoms with Crippen molar-refractivity contribution in [2.24, 2.45) is 0 Å². The summed E-state index contributed by atoms with van der Waals surface area (Å²) in [5.41, 5.74) is 0.466. The van der Waals surface area contributed by atoms with E-state index in [1.807, 2.05) is 20.8 Å². The average Bonchev–Trinajstić information content (AvgIpc) is 2.40. The predicted octanol–water partition coefficient (Wildman–Crippen LogP) is 3.45. The molecule has 20 heavy (non-hydrogen) atoms. The van der Waals surface area contributed by atoms with E-state index in [0.29, 0.717) is 16.5 Å². The summed E-state index contributed by atoms with van der Waals surface area (Å²) >= 11 is 6.11. The maximum absolute atomic E-state index is 12.1. The van der Waals surface area contributed by atoms with Gasteiger partial charge in [0.15, 0.2) is 0 Å². The van der Waals surface area contributed by atoms with Crippen molar-refractivity contribution in [2.45, 2.75) is 45.7 Å². The second-order valence-electron chi connectivity index (χ2n) is 5.44. The Morgan fingerprint density at radius 1 is 1.45 bits per heavy atom. The van der Waals surface area contributed by atoms with E-state index < -0.39 is 0 Å². The third kappa shape index (κ3) is 4.60. The van der Waals surface area contributed by atoms with E-state index in [0.717, 1.165) is 6.42 Å². The average molecular weight is 299 g/mol. The Morgan fingerprint density at radius 3 is 2.65 bits per heavy atom. The summed E-state index contributed by atoms with van der Waals surface area (Å²) in [4.78, 5) is 12.1. The molecule has 0 fully saturated rings. The van der Waals surface area contributed by atoms with Gasteiger partial charge in [0, 0.05) is 11.6 Å². The molecule has 1 amide bonds. The van der Waals surface area contributed by atoms with Crippen molar-refractivity contribution in [3.05, 3.63) is 23.2 Å². The van der Waals surface area contributed by atoms with E-state index in [1.165, 1.54) is 0 Å². The molecule has 0 aliphatic carbocycles. The van der Waals surface area contributed by atoms with Crippen molar-refractivity contribution in [3.8, 4) is 5.75 Å². The first-order chi connectivity index (χ1) is 9.29. The molecule has 2 N–H and O–H groups in total. The van der Waals surface area contributed by atoms with Gasteiger partial charge in [-0.15, -0.1) is 0 Å². The smallest absolute Gasteiger partial charge is 0.242 e. The van der Waals surface area contributed by atoms with Crippen LogP contribution in [0.15, 0.2) is 18.2 Å². The van der Waals surface area contributed by atoms with Crippen LogP contribution in [-0.4, -0.2) is 24.6 Å². The quantitative estimate of drug-likeness (QED) is 0.845. The zero-order valence-corrected chi connectivity index (χ0v) is 13.5. The van der Waals surface area contributed by atoms with Crippen LogP contribution in [0.5, 0.6) is 5.75 Å². The first kappa shape index (κ1) is 16.6. The van der Waals surface area contributed by atoms with Crippen molar-refractivity contribution in [1.29, 1.82) is 0 Å². The summed E-state index contributed by atoms with van der Waals surface area (Å²) in [6.07, 6.45) is 0.866. The van der Waals surface area contributed by atoms with Crippen LogP contribution in [0.4, 0.5) is 5.69 Å². The van der Waals surface area contributed by atoms with Crippen LogP contribution in [0.1, 0.15) is 34.1 Å². The van der Waals surface area contributed by atoms with Gasteiger partial charge < -0.3 is 15.4 Å². The van der Waals surface area contributed by atoms with Crippen LogP contribution in [0, 0.1) is 0 Å². The molecular formula is C15H23ClN2O2. The Bertz CT molecular complexity index is 475. The van der Waals surface area contributed by atoms with Crippen LogP contribution in [-0.2, 0) is 4.79 Å². The van der Waals surface area contributed by atoms with Gasteiger partial charge >= 0.3 is 0 Å². The Balaban J connectivity index is 2.75. The molecule has 1 unspecified atom stereocenters. The van der Waals surface area contributed by atoms with Crippen LogP contribution in [0.3, 0.4) is 0 Å². The van der Waals surface area contributed by atoms with E-state index in [9.17, 15) is 4.79 Å². The number of hydrogen-bond donors (Lipinski definition) is 2. The fourth-order valence-corrected chi connectivity index (χ4v) is 1.74. The molecule has 5 heteroatoms. The molecule has 0 aromatic heterocycles. The molecule has 1 aromatic carbocycles. The summed E-state index contributed by atoms with van der Waals surface area (Å²) < 4.78 is 5.15. The highest BCUT2D eigenvalue weighted by atomic mass is 35.5. The fraction of sp³-hybridized carbons (Fsp3) is 0.533. The monoisotopic (exact) mass is 298 g/mol. The molecule has 0 saturated heterocycles. The molecule has 0 radical (unpaired) electrons. The molecule has 0 bridgehead atoms. The van der Waals surface area contributed by atoms with E-state index in [2.05, 4.69) is 10.6 Å². The van der Waals surface area contributed by atoms with Gasteiger partial charge in [-0.05, 0) is 39.3 Å². The Morgan fingerprint density at radius 2 is 2.10 bits per heavy atom. The van der Waals surface area contributed by atoms with Crippen molar-refractivity contribution < 1.29 is 9.53 Å². The molecule has 1 atom stereocenters. The van der Waals surface area contributed by atoms with Crippen molar-refractivity contribution in [3.63, 3.8) is 0 Å². The number of hydrogen-bond acceptors (Lipinski definition) is 3. The number of amides is 1. The van der Waals surface area contributed by atoms with Gasteiger partial charge in [0.1, 0.15) is 11.8 Å². The third-order valence-electron chi connectivity index (χ3n) is 3.28. The van der Waals surface area contributed by atoms with Gasteiger partial charge in [-0.25, -0.2) is 0 Å². The second-order valence-corrected chi connectivity index (χ2v) is 5.85. The number of ether oxygens (including phenoxy) is 1. The SMILES string of the molecule is CCC(C)(C)NC(=O)C(C)Nc1cc(OC)ccc1Cl. The molecule has 0 spiro atoms. The summed E-state index contributed by atoms with van der Waals surface area (Å²) in [5.74, 6) is 0.633. The van der Waals surface area contributed by atoms with Crippen LogP contribution >= 0.6 is 11.6 Å². The van der Waals surface area contributed by atoms with E-state index in [4.69, 9.17) is 16.3 Å². The maximum atomic E-state index is 12.1. The second kappa shape index (κ2) is 6.84. The minimum absolute atomic E-state index is 0.0595. The molecule has 4 nitrogen and oxygen atoms in total. The lowest BCUT2D eigenvalue weighted by Gasteiger charge is -2.27. The number of nitrogens with one attached hydrogen (secondary N) is 2. The maximum Gasteiger partial charge on any atom is 0.242 e. The van der Waals surface area contributed by atoms with Crippen LogP contribution < -0.4 is 15.4 Å². The van der Waals surface area contributed by atoms with E-state index in [1.54, 1.807) is 32.2 Å². The zero-order valence-electron chi connectivity index (χ0n) is 12.7. The Hall–Kier alpha value is -1.42. The number of rotatable bonds is 6. The highest BCUT2D eigenvalue weighted by molar-refractivity contribution is 6.33. The van der Waals surface area contributed by atoms with Crippen LogP contribution in [0.25, 0.3) is 0 Å². The van der Waals surface area contributed by atoms with Gasteiger partial charge in [0.2, 0.25) is 5.91 Å². The van der Waals surface area contributed by atoms with Gasteiger partial charge in [-0.1, -0.05) is 18.5 Å². The Labute approximate surface area is 125 Å². The standard InChI is InChI=1S/C15H23ClN2O2/c1-6-15(3,4)18-14(19)10(2)17-13-9-11(20-5)7-8-12(13)16/h7-10,17H,6H2,1-5H3,(H,18,19). The highest BCUT2D eigenvalue weighted by Crippen LogP contribution is 2.27.